The van der Waals surface area contributed by atoms with Crippen molar-refractivity contribution in [2.24, 2.45) is 0 Å². The monoisotopic (exact) mass is 460 g/mol. The summed E-state index contributed by atoms with van der Waals surface area (Å²) >= 11 is 0. The number of carbonyl (C=O) groups is 2. The number of fused-ring (bicyclic) bond motifs is 1. The van der Waals surface area contributed by atoms with Crippen LogP contribution in [0.3, 0.4) is 0 Å². The first-order valence-corrected chi connectivity index (χ1v) is 11.5. The molecule has 0 saturated carbocycles. The summed E-state index contributed by atoms with van der Waals surface area (Å²) in [4.78, 5) is 33.6. The SMILES string of the molecule is C=C(/C=C\C(=C)N1CCN(C)CC1)c1ccc2c(c1)N(C(=O)c1ccco1)C[C@H](C)N2C(C)=O. The standard InChI is InChI=1S/C27H32N4O3/c1-19(8-9-20(2)29-14-12-28(5)13-15-29)23-10-11-24-25(17-23)30(18-21(3)31(24)22(4)32)27(33)26-7-6-16-34-26/h6-11,16-17,21H,1-2,12-15,18H2,3-5H3/b9-8-/t21-/m0/s1. The van der Waals surface area contributed by atoms with Crippen molar-refractivity contribution in [3.63, 3.8) is 0 Å². The molecule has 178 valence electrons. The van der Waals surface area contributed by atoms with Crippen LogP contribution in [0.1, 0.15) is 30.0 Å². The van der Waals surface area contributed by atoms with E-state index in [1.807, 2.05) is 37.3 Å². The Morgan fingerprint density at radius 2 is 1.79 bits per heavy atom. The molecule has 0 N–H and O–H groups in total. The Morgan fingerprint density at radius 1 is 1.06 bits per heavy atom. The van der Waals surface area contributed by atoms with Crippen LogP contribution in [0.25, 0.3) is 5.57 Å². The van der Waals surface area contributed by atoms with Crippen LogP contribution in [0.5, 0.6) is 0 Å². The van der Waals surface area contributed by atoms with E-state index in [1.165, 1.54) is 6.26 Å². The molecule has 7 heteroatoms. The lowest BCUT2D eigenvalue weighted by Gasteiger charge is -2.40. The molecule has 7 nitrogen and oxygen atoms in total. The zero-order valence-corrected chi connectivity index (χ0v) is 20.2. The number of benzene rings is 1. The third-order valence-corrected chi connectivity index (χ3v) is 6.49. The van der Waals surface area contributed by atoms with Crippen molar-refractivity contribution in [3.05, 3.63) is 78.9 Å². The Balaban J connectivity index is 1.61. The summed E-state index contributed by atoms with van der Waals surface area (Å²) in [5.74, 6) is -0.0288. The van der Waals surface area contributed by atoms with Crippen molar-refractivity contribution < 1.29 is 14.0 Å². The van der Waals surface area contributed by atoms with Crippen LogP contribution in [0, 0.1) is 0 Å². The molecule has 1 aromatic heterocycles. The van der Waals surface area contributed by atoms with E-state index in [0.717, 1.165) is 43.0 Å². The third kappa shape index (κ3) is 4.70. The highest BCUT2D eigenvalue weighted by molar-refractivity contribution is 6.09. The second-order valence-corrected chi connectivity index (χ2v) is 8.97. The Hall–Kier alpha value is -3.58. The molecule has 1 atom stereocenters. The molecule has 1 aromatic carbocycles. The van der Waals surface area contributed by atoms with Crippen molar-refractivity contribution in [1.82, 2.24) is 9.80 Å². The normalized spacial score (nSPS) is 18.8. The molecule has 2 amide bonds. The summed E-state index contributed by atoms with van der Waals surface area (Å²) in [7, 11) is 2.13. The fourth-order valence-electron chi connectivity index (χ4n) is 4.52. The smallest absolute Gasteiger partial charge is 0.294 e. The molecule has 2 aliphatic heterocycles. The average Bonchev–Trinajstić information content (AvgIpc) is 3.36. The molecular formula is C27H32N4O3. The number of hydrogen-bond acceptors (Lipinski definition) is 5. The lowest BCUT2D eigenvalue weighted by molar-refractivity contribution is -0.117. The Bertz CT molecular complexity index is 1130. The highest BCUT2D eigenvalue weighted by atomic mass is 16.3. The van der Waals surface area contributed by atoms with Crippen LogP contribution in [-0.4, -0.2) is 67.4 Å². The van der Waals surface area contributed by atoms with Crippen LogP contribution in [0.15, 0.2) is 72.0 Å². The maximum absolute atomic E-state index is 13.2. The molecule has 1 fully saturated rings. The van der Waals surface area contributed by atoms with E-state index in [4.69, 9.17) is 4.42 Å². The molecule has 3 heterocycles. The van der Waals surface area contributed by atoms with Gasteiger partial charge in [-0.25, -0.2) is 0 Å². The van der Waals surface area contributed by atoms with Gasteiger partial charge >= 0.3 is 0 Å². The van der Waals surface area contributed by atoms with Crippen LogP contribution in [-0.2, 0) is 4.79 Å². The maximum Gasteiger partial charge on any atom is 0.294 e. The van der Waals surface area contributed by atoms with Crippen LogP contribution >= 0.6 is 0 Å². The van der Waals surface area contributed by atoms with E-state index < -0.39 is 0 Å². The topological polar surface area (TPSA) is 60.2 Å². The first-order valence-electron chi connectivity index (χ1n) is 11.5. The summed E-state index contributed by atoms with van der Waals surface area (Å²) in [6.45, 7) is 16.2. The third-order valence-electron chi connectivity index (χ3n) is 6.49. The van der Waals surface area contributed by atoms with Gasteiger partial charge in [-0.2, -0.15) is 0 Å². The molecule has 2 aliphatic rings. The second-order valence-electron chi connectivity index (χ2n) is 8.97. The van der Waals surface area contributed by atoms with Gasteiger partial charge in [0.2, 0.25) is 5.91 Å². The highest BCUT2D eigenvalue weighted by Gasteiger charge is 2.35. The maximum atomic E-state index is 13.2. The number of amides is 2. The Morgan fingerprint density at radius 3 is 2.44 bits per heavy atom. The number of carbonyl (C=O) groups excluding carboxylic acids is 2. The van der Waals surface area contributed by atoms with Crippen LogP contribution in [0.4, 0.5) is 11.4 Å². The molecule has 0 bridgehead atoms. The minimum absolute atomic E-state index is 0.0613. The quantitative estimate of drug-likeness (QED) is 0.631. The van der Waals surface area contributed by atoms with Gasteiger partial charge in [0.1, 0.15) is 0 Å². The summed E-state index contributed by atoms with van der Waals surface area (Å²) in [5, 5.41) is 0. The van der Waals surface area contributed by atoms with Gasteiger partial charge in [-0.3, -0.25) is 9.59 Å². The summed E-state index contributed by atoms with van der Waals surface area (Å²) in [6.07, 6.45) is 5.43. The van der Waals surface area contributed by atoms with Crippen molar-refractivity contribution in [2.45, 2.75) is 19.9 Å². The number of rotatable bonds is 5. The van der Waals surface area contributed by atoms with Crippen molar-refractivity contribution in [2.75, 3.05) is 49.6 Å². The van der Waals surface area contributed by atoms with Gasteiger partial charge in [-0.15, -0.1) is 0 Å². The number of likely N-dealkylation sites (N-methyl/N-ethyl adjacent to an activating group) is 1. The molecule has 4 rings (SSSR count). The zero-order chi connectivity index (χ0) is 24.4. The predicted octanol–water partition coefficient (Wildman–Crippen LogP) is 4.01. The molecule has 0 aliphatic carbocycles. The van der Waals surface area contributed by atoms with E-state index >= 15 is 0 Å². The van der Waals surface area contributed by atoms with Gasteiger partial charge in [0.05, 0.1) is 23.7 Å². The summed E-state index contributed by atoms with van der Waals surface area (Å²) in [6, 6.07) is 8.93. The highest BCUT2D eigenvalue weighted by Crippen LogP contribution is 2.38. The van der Waals surface area contributed by atoms with E-state index in [9.17, 15) is 9.59 Å². The lowest BCUT2D eigenvalue weighted by Crippen LogP contribution is -2.51. The lowest BCUT2D eigenvalue weighted by atomic mass is 10.0. The van der Waals surface area contributed by atoms with E-state index in [0.29, 0.717) is 17.9 Å². The average molecular weight is 461 g/mol. The van der Waals surface area contributed by atoms with Gasteiger partial charge in [0.25, 0.3) is 5.91 Å². The second kappa shape index (κ2) is 9.73. The van der Waals surface area contributed by atoms with E-state index in [1.54, 1.807) is 28.9 Å². The largest absolute Gasteiger partial charge is 0.459 e. The number of hydrogen-bond donors (Lipinski definition) is 0. The number of nitrogens with zero attached hydrogens (tertiary/aromatic N) is 4. The first-order chi connectivity index (χ1) is 16.3. The predicted molar refractivity (Wildman–Crippen MR) is 136 cm³/mol. The molecule has 2 aromatic rings. The Kier molecular flexibility index (Phi) is 6.75. The number of furan rings is 1. The fraction of sp³-hybridized carbons (Fsp3) is 0.333. The van der Waals surface area contributed by atoms with E-state index in [2.05, 4.69) is 30.0 Å². The summed E-state index contributed by atoms with van der Waals surface area (Å²) in [5.41, 5.74) is 4.00. The van der Waals surface area contributed by atoms with Crippen LogP contribution in [0.2, 0.25) is 0 Å². The fourth-order valence-corrected chi connectivity index (χ4v) is 4.52. The molecular weight excluding hydrogens is 428 g/mol. The Labute approximate surface area is 201 Å². The van der Waals surface area contributed by atoms with Crippen molar-refractivity contribution in [3.8, 4) is 0 Å². The van der Waals surface area contributed by atoms with Gasteiger partial charge < -0.3 is 24.0 Å². The first kappa shape index (κ1) is 23.6. The zero-order valence-electron chi connectivity index (χ0n) is 20.2. The van der Waals surface area contributed by atoms with Gasteiger partial charge in [-0.1, -0.05) is 25.3 Å². The number of piperazine rings is 1. The molecule has 1 saturated heterocycles. The minimum atomic E-state index is -0.233. The minimum Gasteiger partial charge on any atom is -0.459 e. The molecule has 0 unspecified atom stereocenters. The van der Waals surface area contributed by atoms with Crippen molar-refractivity contribution in [1.29, 1.82) is 0 Å². The molecule has 0 radical (unpaired) electrons. The van der Waals surface area contributed by atoms with Crippen LogP contribution < -0.4 is 9.80 Å². The number of anilines is 2. The van der Waals surface area contributed by atoms with Gasteiger partial charge in [0, 0.05) is 45.3 Å². The number of allylic oxidation sites excluding steroid dienone is 3. The molecule has 34 heavy (non-hydrogen) atoms. The van der Waals surface area contributed by atoms with E-state index in [-0.39, 0.29) is 23.6 Å². The molecule has 0 spiro atoms. The van der Waals surface area contributed by atoms with Gasteiger partial charge in [-0.05, 0) is 55.4 Å². The van der Waals surface area contributed by atoms with Gasteiger partial charge in [0.15, 0.2) is 5.76 Å². The van der Waals surface area contributed by atoms with Crippen molar-refractivity contribution >= 4 is 28.8 Å². The summed E-state index contributed by atoms with van der Waals surface area (Å²) < 4.78 is 5.36.